The third-order valence-electron chi connectivity index (χ3n) is 3.85. The Hall–Kier alpha value is -3.34. The van der Waals surface area contributed by atoms with Crippen LogP contribution in [0.25, 0.3) is 16.3 Å². The Balaban J connectivity index is 1.75. The van der Waals surface area contributed by atoms with Gasteiger partial charge in [-0.1, -0.05) is 24.3 Å². The SMILES string of the molecule is O=C1Nc2ncccc2C1=CNc1ccc(O)c2ccccc12. The number of aromatic nitrogens is 1. The number of pyridine rings is 1. The second-order valence-corrected chi connectivity index (χ2v) is 5.23. The average molecular weight is 303 g/mol. The van der Waals surface area contributed by atoms with E-state index in [9.17, 15) is 9.90 Å². The van der Waals surface area contributed by atoms with Crippen molar-refractivity contribution in [1.29, 1.82) is 0 Å². The molecule has 0 radical (unpaired) electrons. The summed E-state index contributed by atoms with van der Waals surface area (Å²) < 4.78 is 0. The minimum Gasteiger partial charge on any atom is -0.507 e. The van der Waals surface area contributed by atoms with Gasteiger partial charge in [-0.05, 0) is 24.3 Å². The Labute approximate surface area is 132 Å². The number of phenols is 1. The summed E-state index contributed by atoms with van der Waals surface area (Å²) >= 11 is 0. The van der Waals surface area contributed by atoms with Crippen LogP contribution in [0.5, 0.6) is 5.75 Å². The third-order valence-corrected chi connectivity index (χ3v) is 3.85. The van der Waals surface area contributed by atoms with Gasteiger partial charge in [-0.3, -0.25) is 4.79 Å². The Bertz CT molecular complexity index is 963. The van der Waals surface area contributed by atoms with E-state index in [1.54, 1.807) is 30.6 Å². The highest BCUT2D eigenvalue weighted by molar-refractivity contribution is 6.31. The summed E-state index contributed by atoms with van der Waals surface area (Å²) in [5.74, 6) is 0.613. The highest BCUT2D eigenvalue weighted by atomic mass is 16.3. The molecule has 112 valence electrons. The van der Waals surface area contributed by atoms with Gasteiger partial charge in [0.15, 0.2) is 0 Å². The van der Waals surface area contributed by atoms with Gasteiger partial charge in [0.2, 0.25) is 0 Å². The van der Waals surface area contributed by atoms with Crippen molar-refractivity contribution in [3.8, 4) is 5.75 Å². The van der Waals surface area contributed by atoms with Gasteiger partial charge >= 0.3 is 0 Å². The second-order valence-electron chi connectivity index (χ2n) is 5.23. The quantitative estimate of drug-likeness (QED) is 0.501. The van der Waals surface area contributed by atoms with Gasteiger partial charge in [0.25, 0.3) is 5.91 Å². The number of fused-ring (bicyclic) bond motifs is 2. The largest absolute Gasteiger partial charge is 0.507 e. The fourth-order valence-electron chi connectivity index (χ4n) is 2.72. The van der Waals surface area contributed by atoms with E-state index in [0.717, 1.165) is 22.0 Å². The Kier molecular flexibility index (Phi) is 2.98. The second kappa shape index (κ2) is 5.14. The van der Waals surface area contributed by atoms with Crippen LogP contribution in [0, 0.1) is 0 Å². The van der Waals surface area contributed by atoms with Crippen LogP contribution in [0.3, 0.4) is 0 Å². The molecule has 0 saturated heterocycles. The van der Waals surface area contributed by atoms with Crippen LogP contribution in [0.15, 0.2) is 60.9 Å². The van der Waals surface area contributed by atoms with Crippen molar-refractivity contribution in [2.75, 3.05) is 10.6 Å². The first-order chi connectivity index (χ1) is 11.2. The lowest BCUT2D eigenvalue weighted by molar-refractivity contribution is -0.110. The first-order valence-electron chi connectivity index (χ1n) is 7.18. The standard InChI is InChI=1S/C18H13N3O2/c22-16-8-7-15(11-4-1-2-5-12(11)16)20-10-14-13-6-3-9-19-17(13)21-18(14)23/h1-10,20,22H,(H,19,21,23). The summed E-state index contributed by atoms with van der Waals surface area (Å²) in [7, 11) is 0. The monoisotopic (exact) mass is 303 g/mol. The van der Waals surface area contributed by atoms with E-state index in [1.165, 1.54) is 0 Å². The zero-order valence-electron chi connectivity index (χ0n) is 12.1. The number of rotatable bonds is 2. The van der Waals surface area contributed by atoms with Gasteiger partial charge in [-0.15, -0.1) is 0 Å². The first kappa shape index (κ1) is 13.3. The molecule has 1 aliphatic heterocycles. The molecule has 0 saturated carbocycles. The molecule has 1 aliphatic rings. The lowest BCUT2D eigenvalue weighted by Crippen LogP contribution is -2.05. The molecular weight excluding hydrogens is 290 g/mol. The number of carbonyl (C=O) groups excluding carboxylic acids is 1. The molecule has 0 unspecified atom stereocenters. The van der Waals surface area contributed by atoms with Crippen molar-refractivity contribution >= 4 is 33.8 Å². The molecule has 1 amide bonds. The molecule has 0 bridgehead atoms. The number of aromatic hydroxyl groups is 1. The number of nitrogens with one attached hydrogen (secondary N) is 2. The maximum absolute atomic E-state index is 12.1. The zero-order chi connectivity index (χ0) is 15.8. The highest BCUT2D eigenvalue weighted by Crippen LogP contribution is 2.32. The molecule has 23 heavy (non-hydrogen) atoms. The fourth-order valence-corrected chi connectivity index (χ4v) is 2.72. The molecular formula is C18H13N3O2. The average Bonchev–Trinajstić information content (AvgIpc) is 2.90. The van der Waals surface area contributed by atoms with Gasteiger partial charge in [-0.25, -0.2) is 4.98 Å². The summed E-state index contributed by atoms with van der Waals surface area (Å²) in [5, 5.41) is 17.5. The number of benzene rings is 2. The molecule has 0 aliphatic carbocycles. The molecule has 3 aromatic rings. The van der Waals surface area contributed by atoms with Gasteiger partial charge in [0.1, 0.15) is 11.6 Å². The van der Waals surface area contributed by atoms with E-state index in [-0.39, 0.29) is 11.7 Å². The summed E-state index contributed by atoms with van der Waals surface area (Å²) in [6, 6.07) is 14.6. The van der Waals surface area contributed by atoms with Crippen LogP contribution in [0.4, 0.5) is 11.5 Å². The number of anilines is 2. The Morgan fingerprint density at radius 1 is 1.04 bits per heavy atom. The molecule has 0 spiro atoms. The van der Waals surface area contributed by atoms with Gasteiger partial charge in [-0.2, -0.15) is 0 Å². The lowest BCUT2D eigenvalue weighted by Gasteiger charge is -2.08. The third kappa shape index (κ3) is 2.19. The van der Waals surface area contributed by atoms with Crippen LogP contribution in [-0.2, 0) is 4.79 Å². The maximum Gasteiger partial charge on any atom is 0.259 e. The van der Waals surface area contributed by atoms with Crippen molar-refractivity contribution in [3.63, 3.8) is 0 Å². The summed E-state index contributed by atoms with van der Waals surface area (Å²) in [5.41, 5.74) is 2.12. The molecule has 2 heterocycles. The number of hydrogen-bond donors (Lipinski definition) is 3. The van der Waals surface area contributed by atoms with Crippen LogP contribution in [-0.4, -0.2) is 16.0 Å². The van der Waals surface area contributed by atoms with Gasteiger partial charge in [0.05, 0.1) is 5.57 Å². The Morgan fingerprint density at radius 3 is 2.74 bits per heavy atom. The smallest absolute Gasteiger partial charge is 0.259 e. The molecule has 3 N–H and O–H groups in total. The number of hydrogen-bond acceptors (Lipinski definition) is 4. The fraction of sp³-hybridized carbons (Fsp3) is 0. The maximum atomic E-state index is 12.1. The zero-order valence-corrected chi connectivity index (χ0v) is 12.1. The van der Waals surface area contributed by atoms with E-state index >= 15 is 0 Å². The predicted octanol–water partition coefficient (Wildman–Crippen LogP) is 3.35. The van der Waals surface area contributed by atoms with E-state index < -0.39 is 0 Å². The van der Waals surface area contributed by atoms with Gasteiger partial charge < -0.3 is 15.7 Å². The number of amides is 1. The number of nitrogens with zero attached hydrogens (tertiary/aromatic N) is 1. The van der Waals surface area contributed by atoms with Crippen molar-refractivity contribution in [1.82, 2.24) is 4.98 Å². The predicted molar refractivity (Wildman–Crippen MR) is 90.1 cm³/mol. The van der Waals surface area contributed by atoms with E-state index in [1.807, 2.05) is 30.3 Å². The normalized spacial score (nSPS) is 14.8. The van der Waals surface area contributed by atoms with Crippen molar-refractivity contribution in [2.24, 2.45) is 0 Å². The summed E-state index contributed by atoms with van der Waals surface area (Å²) in [6.07, 6.45) is 3.31. The molecule has 0 fully saturated rings. The molecule has 4 rings (SSSR count). The van der Waals surface area contributed by atoms with Crippen LogP contribution < -0.4 is 10.6 Å². The van der Waals surface area contributed by atoms with E-state index in [2.05, 4.69) is 15.6 Å². The number of carbonyl (C=O) groups is 1. The minimum absolute atomic E-state index is 0.186. The van der Waals surface area contributed by atoms with E-state index in [0.29, 0.717) is 11.4 Å². The molecule has 1 aromatic heterocycles. The Morgan fingerprint density at radius 2 is 1.87 bits per heavy atom. The van der Waals surface area contributed by atoms with Crippen LogP contribution in [0.2, 0.25) is 0 Å². The topological polar surface area (TPSA) is 74.2 Å². The number of phenolic OH excluding ortho intramolecular Hbond substituents is 1. The molecule has 5 heteroatoms. The van der Waals surface area contributed by atoms with Crippen LogP contribution >= 0.6 is 0 Å². The summed E-state index contributed by atoms with van der Waals surface area (Å²) in [6.45, 7) is 0. The highest BCUT2D eigenvalue weighted by Gasteiger charge is 2.24. The summed E-state index contributed by atoms with van der Waals surface area (Å²) in [4.78, 5) is 16.2. The van der Waals surface area contributed by atoms with Crippen molar-refractivity contribution < 1.29 is 9.90 Å². The molecule has 5 nitrogen and oxygen atoms in total. The molecule has 0 atom stereocenters. The van der Waals surface area contributed by atoms with Crippen LogP contribution in [0.1, 0.15) is 5.56 Å². The molecule has 2 aromatic carbocycles. The lowest BCUT2D eigenvalue weighted by atomic mass is 10.1. The van der Waals surface area contributed by atoms with E-state index in [4.69, 9.17) is 0 Å². The van der Waals surface area contributed by atoms with Gasteiger partial charge in [0, 0.05) is 34.4 Å². The van der Waals surface area contributed by atoms with Crippen molar-refractivity contribution in [3.05, 3.63) is 66.5 Å². The first-order valence-corrected chi connectivity index (χ1v) is 7.18. The van der Waals surface area contributed by atoms with Crippen molar-refractivity contribution in [2.45, 2.75) is 0 Å². The minimum atomic E-state index is -0.186.